The molecule has 0 saturated carbocycles. The van der Waals surface area contributed by atoms with Crippen LogP contribution in [-0.2, 0) is 4.79 Å². The maximum atomic E-state index is 12.1. The smallest absolute Gasteiger partial charge is 0.237 e. The van der Waals surface area contributed by atoms with Gasteiger partial charge in [0.25, 0.3) is 0 Å². The number of hydrogen-bond donors (Lipinski definition) is 0. The second kappa shape index (κ2) is 5.50. The van der Waals surface area contributed by atoms with Crippen molar-refractivity contribution in [2.45, 2.75) is 38.6 Å². The summed E-state index contributed by atoms with van der Waals surface area (Å²) in [6.45, 7) is 5.57. The van der Waals surface area contributed by atoms with Crippen molar-refractivity contribution in [3.63, 3.8) is 0 Å². The van der Waals surface area contributed by atoms with Gasteiger partial charge in [-0.3, -0.25) is 9.69 Å². The molecule has 2 rings (SSSR count). The van der Waals surface area contributed by atoms with E-state index in [9.17, 15) is 4.79 Å². The molecule has 0 aromatic rings. The van der Waals surface area contributed by atoms with Crippen LogP contribution in [0.15, 0.2) is 0 Å². The summed E-state index contributed by atoms with van der Waals surface area (Å²) in [4.78, 5) is 16.1. The Balaban J connectivity index is 1.83. The summed E-state index contributed by atoms with van der Waals surface area (Å²) in [6.07, 6.45) is 4.24. The van der Waals surface area contributed by atoms with E-state index in [1.807, 2.05) is 0 Å². The van der Waals surface area contributed by atoms with Crippen LogP contribution in [0.5, 0.6) is 0 Å². The molecule has 2 heterocycles. The Hall–Kier alpha value is -1.08. The zero-order valence-electron chi connectivity index (χ0n) is 10.6. The van der Waals surface area contributed by atoms with Crippen molar-refractivity contribution < 1.29 is 4.79 Å². The summed E-state index contributed by atoms with van der Waals surface area (Å²) >= 11 is 0. The molecule has 2 aliphatic heterocycles. The third-order valence-corrected chi connectivity index (χ3v) is 4.03. The van der Waals surface area contributed by atoms with E-state index in [2.05, 4.69) is 17.9 Å². The topological polar surface area (TPSA) is 47.3 Å². The van der Waals surface area contributed by atoms with E-state index >= 15 is 0 Å². The molecule has 0 bridgehead atoms. The second-order valence-electron chi connectivity index (χ2n) is 5.17. The van der Waals surface area contributed by atoms with Crippen molar-refractivity contribution in [3.8, 4) is 6.07 Å². The molecule has 0 unspecified atom stereocenters. The largest absolute Gasteiger partial charge is 0.326 e. The molecule has 2 fully saturated rings. The third-order valence-electron chi connectivity index (χ3n) is 4.03. The fourth-order valence-corrected chi connectivity index (χ4v) is 2.87. The first-order chi connectivity index (χ1) is 8.24. The highest BCUT2D eigenvalue weighted by atomic mass is 16.2. The van der Waals surface area contributed by atoms with E-state index in [0.29, 0.717) is 6.54 Å². The molecule has 0 aromatic carbocycles. The van der Waals surface area contributed by atoms with Gasteiger partial charge in [-0.25, -0.2) is 0 Å². The number of nitrogens with zero attached hydrogens (tertiary/aromatic N) is 3. The SMILES string of the molecule is CC[C@@H]1CCN(CC(=O)N2CCC[C@H]2C#N)C1. The molecule has 0 radical (unpaired) electrons. The number of amides is 1. The minimum Gasteiger partial charge on any atom is -0.326 e. The predicted molar refractivity (Wildman–Crippen MR) is 65.2 cm³/mol. The highest BCUT2D eigenvalue weighted by molar-refractivity contribution is 5.79. The average Bonchev–Trinajstić information content (AvgIpc) is 2.96. The molecule has 0 spiro atoms. The molecule has 4 heteroatoms. The lowest BCUT2D eigenvalue weighted by Crippen LogP contribution is -2.41. The van der Waals surface area contributed by atoms with Gasteiger partial charge in [-0.1, -0.05) is 13.3 Å². The number of nitriles is 1. The summed E-state index contributed by atoms with van der Waals surface area (Å²) in [7, 11) is 0. The van der Waals surface area contributed by atoms with Crippen LogP contribution in [0.1, 0.15) is 32.6 Å². The number of carbonyl (C=O) groups is 1. The van der Waals surface area contributed by atoms with E-state index in [-0.39, 0.29) is 11.9 Å². The van der Waals surface area contributed by atoms with E-state index in [1.165, 1.54) is 12.8 Å². The monoisotopic (exact) mass is 235 g/mol. The molecule has 17 heavy (non-hydrogen) atoms. The number of hydrogen-bond acceptors (Lipinski definition) is 3. The van der Waals surface area contributed by atoms with Crippen molar-refractivity contribution in [2.24, 2.45) is 5.92 Å². The summed E-state index contributed by atoms with van der Waals surface area (Å²) in [5.41, 5.74) is 0. The van der Waals surface area contributed by atoms with E-state index in [4.69, 9.17) is 5.26 Å². The van der Waals surface area contributed by atoms with Gasteiger partial charge in [-0.05, 0) is 31.7 Å². The van der Waals surface area contributed by atoms with Crippen molar-refractivity contribution in [2.75, 3.05) is 26.2 Å². The highest BCUT2D eigenvalue weighted by Crippen LogP contribution is 2.21. The second-order valence-corrected chi connectivity index (χ2v) is 5.17. The van der Waals surface area contributed by atoms with Crippen molar-refractivity contribution >= 4 is 5.91 Å². The molecule has 1 amide bonds. The van der Waals surface area contributed by atoms with E-state index in [1.54, 1.807) is 4.90 Å². The van der Waals surface area contributed by atoms with E-state index < -0.39 is 0 Å². The number of rotatable bonds is 3. The first kappa shape index (κ1) is 12.4. The van der Waals surface area contributed by atoms with Gasteiger partial charge in [-0.2, -0.15) is 5.26 Å². The average molecular weight is 235 g/mol. The van der Waals surface area contributed by atoms with Gasteiger partial charge >= 0.3 is 0 Å². The predicted octanol–water partition coefficient (Wildman–Crippen LogP) is 1.23. The lowest BCUT2D eigenvalue weighted by molar-refractivity contribution is -0.132. The molecule has 4 nitrogen and oxygen atoms in total. The quantitative estimate of drug-likeness (QED) is 0.739. The molecule has 2 atom stereocenters. The van der Waals surface area contributed by atoms with Gasteiger partial charge in [-0.15, -0.1) is 0 Å². The maximum absolute atomic E-state index is 12.1. The van der Waals surface area contributed by atoms with Crippen LogP contribution >= 0.6 is 0 Å². The summed E-state index contributed by atoms with van der Waals surface area (Å²) in [5, 5.41) is 8.97. The summed E-state index contributed by atoms with van der Waals surface area (Å²) in [5.74, 6) is 0.902. The Morgan fingerprint density at radius 3 is 2.88 bits per heavy atom. The minimum absolute atomic E-state index is 0.144. The normalized spacial score (nSPS) is 29.5. The molecule has 0 aliphatic carbocycles. The maximum Gasteiger partial charge on any atom is 0.237 e. The van der Waals surface area contributed by atoms with Crippen LogP contribution in [0.2, 0.25) is 0 Å². The zero-order chi connectivity index (χ0) is 12.3. The fourth-order valence-electron chi connectivity index (χ4n) is 2.87. The summed E-state index contributed by atoms with van der Waals surface area (Å²) in [6, 6.07) is 2.05. The van der Waals surface area contributed by atoms with Crippen LogP contribution in [0, 0.1) is 17.2 Å². The Morgan fingerprint density at radius 1 is 1.41 bits per heavy atom. The first-order valence-corrected chi connectivity index (χ1v) is 6.66. The molecule has 0 aromatic heterocycles. The first-order valence-electron chi connectivity index (χ1n) is 6.66. The molecular weight excluding hydrogens is 214 g/mol. The van der Waals surface area contributed by atoms with Crippen LogP contribution in [0.3, 0.4) is 0 Å². The lowest BCUT2D eigenvalue weighted by Gasteiger charge is -2.23. The molecular formula is C13H21N3O. The van der Waals surface area contributed by atoms with Gasteiger partial charge in [0.1, 0.15) is 6.04 Å². The Bertz CT molecular complexity index is 323. The van der Waals surface area contributed by atoms with Crippen LogP contribution in [-0.4, -0.2) is 47.9 Å². The van der Waals surface area contributed by atoms with E-state index in [0.717, 1.165) is 38.4 Å². The van der Waals surface area contributed by atoms with Crippen LogP contribution in [0.25, 0.3) is 0 Å². The third kappa shape index (κ3) is 2.78. The van der Waals surface area contributed by atoms with Gasteiger partial charge < -0.3 is 4.90 Å². The fraction of sp³-hybridized carbons (Fsp3) is 0.846. The van der Waals surface area contributed by atoms with Gasteiger partial charge in [0.15, 0.2) is 0 Å². The molecule has 2 saturated heterocycles. The zero-order valence-corrected chi connectivity index (χ0v) is 10.6. The van der Waals surface area contributed by atoms with Gasteiger partial charge in [0.05, 0.1) is 12.6 Å². The molecule has 94 valence electrons. The van der Waals surface area contributed by atoms with Crippen LogP contribution in [0.4, 0.5) is 0 Å². The van der Waals surface area contributed by atoms with Crippen molar-refractivity contribution in [1.29, 1.82) is 5.26 Å². The standard InChI is InChI=1S/C13H21N3O/c1-2-11-5-7-15(9-11)10-13(17)16-6-3-4-12(16)8-14/h11-12H,2-7,9-10H2,1H3/t11-,12+/m1/s1. The van der Waals surface area contributed by atoms with Gasteiger partial charge in [0.2, 0.25) is 5.91 Å². The Kier molecular flexibility index (Phi) is 4.01. The Labute approximate surface area is 103 Å². The summed E-state index contributed by atoms with van der Waals surface area (Å²) < 4.78 is 0. The Morgan fingerprint density at radius 2 is 2.24 bits per heavy atom. The van der Waals surface area contributed by atoms with Crippen molar-refractivity contribution in [3.05, 3.63) is 0 Å². The highest BCUT2D eigenvalue weighted by Gasteiger charge is 2.30. The number of likely N-dealkylation sites (tertiary alicyclic amines) is 2. The molecule has 0 N–H and O–H groups in total. The number of carbonyl (C=O) groups excluding carboxylic acids is 1. The van der Waals surface area contributed by atoms with Gasteiger partial charge in [0, 0.05) is 13.1 Å². The van der Waals surface area contributed by atoms with Crippen LogP contribution < -0.4 is 0 Å². The van der Waals surface area contributed by atoms with Crippen molar-refractivity contribution in [1.82, 2.24) is 9.80 Å². The lowest BCUT2D eigenvalue weighted by atomic mass is 10.1. The minimum atomic E-state index is -0.174. The molecule has 2 aliphatic rings.